The van der Waals surface area contributed by atoms with E-state index in [0.29, 0.717) is 0 Å². The maximum atomic E-state index is 2.60. The Bertz CT molecular complexity index is 343. The third kappa shape index (κ3) is 3.80. The van der Waals surface area contributed by atoms with Gasteiger partial charge in [-0.3, -0.25) is 0 Å². The zero-order valence-electron chi connectivity index (χ0n) is 15.1. The molecule has 0 heterocycles. The lowest BCUT2D eigenvalue weighted by molar-refractivity contribution is 0.0457. The minimum absolute atomic E-state index is 0.899. The molecule has 3 aliphatic carbocycles. The third-order valence-electron chi connectivity index (χ3n) is 7.42. The van der Waals surface area contributed by atoms with Crippen LogP contribution in [-0.2, 0) is 0 Å². The van der Waals surface area contributed by atoms with Crippen molar-refractivity contribution in [3.05, 3.63) is 12.2 Å². The molecule has 0 nitrogen and oxygen atoms in total. The van der Waals surface area contributed by atoms with Gasteiger partial charge in [0, 0.05) is 0 Å². The van der Waals surface area contributed by atoms with Crippen LogP contribution in [0.5, 0.6) is 0 Å². The Kier molecular flexibility index (Phi) is 6.05. The van der Waals surface area contributed by atoms with Gasteiger partial charge in [-0.1, -0.05) is 83.3 Å². The molecule has 0 spiro atoms. The average molecular weight is 303 g/mol. The summed E-state index contributed by atoms with van der Waals surface area (Å²) in [7, 11) is 0. The third-order valence-corrected chi connectivity index (χ3v) is 7.42. The fraction of sp³-hybridized carbons (Fsp3) is 0.909. The fourth-order valence-electron chi connectivity index (χ4n) is 6.29. The summed E-state index contributed by atoms with van der Waals surface area (Å²) in [4.78, 5) is 0. The van der Waals surface area contributed by atoms with Gasteiger partial charge in [-0.25, -0.2) is 0 Å². The van der Waals surface area contributed by atoms with Crippen LogP contribution in [0.1, 0.15) is 90.9 Å². The van der Waals surface area contributed by atoms with Gasteiger partial charge in [-0.15, -0.1) is 0 Å². The van der Waals surface area contributed by atoms with E-state index in [1.54, 1.807) is 0 Å². The molecule has 0 radical (unpaired) electrons. The van der Waals surface area contributed by atoms with Gasteiger partial charge in [0.05, 0.1) is 0 Å². The summed E-state index contributed by atoms with van der Waals surface area (Å²) in [5.74, 6) is 6.02. The lowest BCUT2D eigenvalue weighted by Gasteiger charge is -2.47. The summed E-state index contributed by atoms with van der Waals surface area (Å²) in [6, 6.07) is 0. The minimum Gasteiger partial charge on any atom is -0.0914 e. The Labute approximate surface area is 139 Å². The highest BCUT2D eigenvalue weighted by atomic mass is 14.5. The minimum atomic E-state index is 0.899. The van der Waals surface area contributed by atoms with Gasteiger partial charge >= 0.3 is 0 Å². The smallest absolute Gasteiger partial charge is 0.0200 e. The quantitative estimate of drug-likeness (QED) is 0.492. The van der Waals surface area contributed by atoms with Gasteiger partial charge in [0.2, 0.25) is 0 Å². The van der Waals surface area contributed by atoms with Crippen LogP contribution < -0.4 is 0 Å². The van der Waals surface area contributed by atoms with Gasteiger partial charge in [0.15, 0.2) is 0 Å². The molecule has 0 amide bonds. The Hall–Kier alpha value is -0.260. The molecule has 0 bridgehead atoms. The molecule has 0 aliphatic heterocycles. The van der Waals surface area contributed by atoms with Crippen molar-refractivity contribution in [3.8, 4) is 0 Å². The molecule has 0 heteroatoms. The molecule has 3 rings (SSSR count). The van der Waals surface area contributed by atoms with Gasteiger partial charge in [-0.05, 0) is 55.3 Å². The highest BCUT2D eigenvalue weighted by molar-refractivity contribution is 4.99. The first-order chi connectivity index (χ1) is 10.8. The summed E-state index contributed by atoms with van der Waals surface area (Å²) < 4.78 is 0. The van der Waals surface area contributed by atoms with Crippen LogP contribution in [0, 0.1) is 35.5 Å². The summed E-state index contributed by atoms with van der Waals surface area (Å²) in [5, 5.41) is 0. The Morgan fingerprint density at radius 1 is 0.682 bits per heavy atom. The lowest BCUT2D eigenvalue weighted by atomic mass is 9.58. The molecular weight excluding hydrogens is 264 g/mol. The average Bonchev–Trinajstić information content (AvgIpc) is 2.58. The molecule has 3 fully saturated rings. The summed E-state index contributed by atoms with van der Waals surface area (Å²) in [5.41, 5.74) is 0. The molecule has 0 N–H and O–H groups in total. The Balaban J connectivity index is 1.68. The van der Waals surface area contributed by atoms with E-state index >= 15 is 0 Å². The monoisotopic (exact) mass is 302 g/mol. The molecule has 4 unspecified atom stereocenters. The second kappa shape index (κ2) is 8.02. The van der Waals surface area contributed by atoms with Crippen LogP contribution >= 0.6 is 0 Å². The molecule has 0 saturated heterocycles. The largest absolute Gasteiger partial charge is 0.0914 e. The Morgan fingerprint density at radius 2 is 1.23 bits per heavy atom. The van der Waals surface area contributed by atoms with Gasteiger partial charge in [0.25, 0.3) is 0 Å². The van der Waals surface area contributed by atoms with Crippen LogP contribution in [0.15, 0.2) is 12.2 Å². The van der Waals surface area contributed by atoms with Crippen LogP contribution in [0.25, 0.3) is 0 Å². The zero-order chi connectivity index (χ0) is 15.4. The molecular formula is C22H38. The first kappa shape index (κ1) is 16.6. The molecule has 126 valence electrons. The van der Waals surface area contributed by atoms with Crippen molar-refractivity contribution in [2.75, 3.05) is 0 Å². The highest BCUT2D eigenvalue weighted by Crippen LogP contribution is 2.50. The molecule has 0 aromatic carbocycles. The predicted octanol–water partition coefficient (Wildman–Crippen LogP) is 7.00. The first-order valence-electron chi connectivity index (χ1n) is 10.4. The topological polar surface area (TPSA) is 0 Å². The van der Waals surface area contributed by atoms with Crippen molar-refractivity contribution in [1.29, 1.82) is 0 Å². The van der Waals surface area contributed by atoms with Crippen molar-refractivity contribution >= 4 is 0 Å². The summed E-state index contributed by atoms with van der Waals surface area (Å²) in [6.45, 7) is 4.84. The van der Waals surface area contributed by atoms with Gasteiger partial charge in [0.1, 0.15) is 0 Å². The van der Waals surface area contributed by atoms with Crippen LogP contribution in [0.2, 0.25) is 0 Å². The van der Waals surface area contributed by atoms with E-state index in [2.05, 4.69) is 26.0 Å². The summed E-state index contributed by atoms with van der Waals surface area (Å²) in [6.07, 6.45) is 23.1. The maximum Gasteiger partial charge on any atom is -0.0200 e. The van der Waals surface area contributed by atoms with E-state index in [0.717, 1.165) is 35.5 Å². The maximum absolute atomic E-state index is 2.60. The van der Waals surface area contributed by atoms with E-state index in [-0.39, 0.29) is 0 Å². The first-order valence-corrected chi connectivity index (χ1v) is 10.4. The van der Waals surface area contributed by atoms with Crippen molar-refractivity contribution in [3.63, 3.8) is 0 Å². The summed E-state index contributed by atoms with van der Waals surface area (Å²) >= 11 is 0. The number of allylic oxidation sites excluding steroid dienone is 2. The standard InChI is InChI=1S/C22H38/c1-3-10-20-16-21(18-11-6-4-7-12-18)17(2)15-22(20)19-13-8-5-9-14-19/h3,10,17-22H,4-9,11-16H2,1-2H3/b10-3+. The number of hydrogen-bond acceptors (Lipinski definition) is 0. The van der Waals surface area contributed by atoms with E-state index in [1.165, 1.54) is 77.0 Å². The Morgan fingerprint density at radius 3 is 1.77 bits per heavy atom. The second-order valence-electron chi connectivity index (χ2n) is 8.76. The second-order valence-corrected chi connectivity index (χ2v) is 8.76. The normalized spacial score (nSPS) is 39.4. The van der Waals surface area contributed by atoms with E-state index < -0.39 is 0 Å². The van der Waals surface area contributed by atoms with Crippen molar-refractivity contribution < 1.29 is 0 Å². The molecule has 3 aliphatic rings. The van der Waals surface area contributed by atoms with Crippen molar-refractivity contribution in [2.45, 2.75) is 90.9 Å². The van der Waals surface area contributed by atoms with Crippen molar-refractivity contribution in [2.24, 2.45) is 35.5 Å². The van der Waals surface area contributed by atoms with E-state index in [9.17, 15) is 0 Å². The zero-order valence-corrected chi connectivity index (χ0v) is 15.1. The predicted molar refractivity (Wildman–Crippen MR) is 96.8 cm³/mol. The van der Waals surface area contributed by atoms with Crippen LogP contribution in [-0.4, -0.2) is 0 Å². The molecule has 0 aromatic rings. The van der Waals surface area contributed by atoms with Crippen LogP contribution in [0.4, 0.5) is 0 Å². The number of rotatable bonds is 3. The van der Waals surface area contributed by atoms with E-state index in [1.807, 2.05) is 0 Å². The van der Waals surface area contributed by atoms with Crippen LogP contribution in [0.3, 0.4) is 0 Å². The fourth-order valence-corrected chi connectivity index (χ4v) is 6.29. The van der Waals surface area contributed by atoms with Crippen molar-refractivity contribution in [1.82, 2.24) is 0 Å². The molecule has 4 atom stereocenters. The van der Waals surface area contributed by atoms with Gasteiger partial charge < -0.3 is 0 Å². The molecule has 0 aromatic heterocycles. The van der Waals surface area contributed by atoms with Gasteiger partial charge in [-0.2, -0.15) is 0 Å². The molecule has 22 heavy (non-hydrogen) atoms. The lowest BCUT2D eigenvalue weighted by Crippen LogP contribution is -2.38. The molecule has 3 saturated carbocycles. The SMILES string of the molecule is C/C=C/C1CC(C2CCCCC2)C(C)CC1C1CCCCC1. The number of hydrogen-bond donors (Lipinski definition) is 0. The van der Waals surface area contributed by atoms with E-state index in [4.69, 9.17) is 0 Å². The highest BCUT2D eigenvalue weighted by Gasteiger charge is 2.40.